The van der Waals surface area contributed by atoms with E-state index < -0.39 is 13.3 Å². The molecule has 0 fully saturated rings. The first-order valence-corrected chi connectivity index (χ1v) is 19.6. The Kier molecular flexibility index (Phi) is 7.03. The molecule has 6 aromatic rings. The van der Waals surface area contributed by atoms with E-state index >= 15 is 0 Å². The van der Waals surface area contributed by atoms with Crippen LogP contribution in [0.2, 0.25) is 0 Å². The Balaban J connectivity index is 1.41. The van der Waals surface area contributed by atoms with E-state index in [-0.39, 0.29) is 6.71 Å². The summed E-state index contributed by atoms with van der Waals surface area (Å²) in [5.74, 6) is 1.39. The Morgan fingerprint density at radius 3 is 2.07 bits per heavy atom. The number of pyridine rings is 1. The van der Waals surface area contributed by atoms with Gasteiger partial charge < -0.3 is 0 Å². The van der Waals surface area contributed by atoms with Crippen molar-refractivity contribution in [2.75, 3.05) is 18.6 Å². The van der Waals surface area contributed by atoms with Crippen molar-refractivity contribution in [3.05, 3.63) is 164 Å². The zero-order valence-corrected chi connectivity index (χ0v) is 27.2. The van der Waals surface area contributed by atoms with Crippen LogP contribution in [0, 0.1) is 0 Å². The first-order chi connectivity index (χ1) is 22.2. The second kappa shape index (κ2) is 11.5. The second-order valence-electron chi connectivity index (χ2n) is 11.8. The predicted octanol–water partition coefficient (Wildman–Crippen LogP) is 3.26. The number of ether oxygens (including phenoxy) is 1. The summed E-state index contributed by atoms with van der Waals surface area (Å²) in [4.78, 5) is 8.95. The van der Waals surface area contributed by atoms with E-state index in [0.717, 1.165) is 12.4 Å². The zero-order valence-electron chi connectivity index (χ0n) is 25.1. The normalized spacial score (nSPS) is 14.6. The van der Waals surface area contributed by atoms with Crippen LogP contribution in [0.1, 0.15) is 0 Å². The van der Waals surface area contributed by atoms with Crippen molar-refractivity contribution in [3.8, 4) is 11.6 Å². The molecule has 3 heterocycles. The topological polar surface area (TPSA) is 28.6 Å². The van der Waals surface area contributed by atoms with Crippen molar-refractivity contribution in [3.63, 3.8) is 0 Å². The van der Waals surface area contributed by atoms with E-state index in [9.17, 15) is 0 Å². The summed E-state index contributed by atoms with van der Waals surface area (Å²) in [5.41, 5.74) is 5.15. The molecule has 216 valence electrons. The fourth-order valence-corrected chi connectivity index (χ4v) is 18.2. The molecule has 1 aromatic heterocycles. The summed E-state index contributed by atoms with van der Waals surface area (Å²) >= 11 is -3.48. The van der Waals surface area contributed by atoms with Gasteiger partial charge in [0.25, 0.3) is 0 Å². The number of anilines is 1. The Morgan fingerprint density at radius 1 is 0.644 bits per heavy atom. The molecule has 8 rings (SSSR count). The van der Waals surface area contributed by atoms with Crippen LogP contribution >= 0.6 is 0 Å². The molecule has 2 aliphatic heterocycles. The van der Waals surface area contributed by atoms with Gasteiger partial charge in [0.1, 0.15) is 0 Å². The predicted molar refractivity (Wildman–Crippen MR) is 190 cm³/mol. The molecule has 0 saturated heterocycles. The van der Waals surface area contributed by atoms with E-state index in [1.807, 2.05) is 18.2 Å². The van der Waals surface area contributed by atoms with Gasteiger partial charge in [-0.05, 0) is 0 Å². The Hall–Kier alpha value is -5.00. The Bertz CT molecular complexity index is 1960. The summed E-state index contributed by atoms with van der Waals surface area (Å²) in [6.07, 6.45) is 6.06. The van der Waals surface area contributed by atoms with Crippen LogP contribution in [-0.4, -0.2) is 43.6 Å². The number of nitrogens with zero attached hydrogens (tertiary/aromatic N) is 3. The van der Waals surface area contributed by atoms with E-state index in [0.29, 0.717) is 5.88 Å². The Labute approximate surface area is 267 Å². The molecule has 0 radical (unpaired) electrons. The van der Waals surface area contributed by atoms with Crippen molar-refractivity contribution in [2.24, 2.45) is 0 Å². The van der Waals surface area contributed by atoms with E-state index in [2.05, 4.69) is 162 Å². The molecular weight excluding hydrogens is 610 g/mol. The van der Waals surface area contributed by atoms with E-state index in [1.165, 1.54) is 39.7 Å². The number of fused-ring (bicyclic) bond motifs is 2. The summed E-state index contributed by atoms with van der Waals surface area (Å²) in [6.45, 7) is 0.878. The van der Waals surface area contributed by atoms with Gasteiger partial charge >= 0.3 is 269 Å². The van der Waals surface area contributed by atoms with Gasteiger partial charge in [-0.3, -0.25) is 0 Å². The molecule has 2 aliphatic rings. The number of hydrogen-bond acceptors (Lipinski definition) is 4. The van der Waals surface area contributed by atoms with Gasteiger partial charge in [0.15, 0.2) is 0 Å². The molecule has 0 atom stereocenters. The maximum atomic E-state index is 6.40. The van der Waals surface area contributed by atoms with Crippen molar-refractivity contribution >= 4 is 59.6 Å². The first-order valence-electron chi connectivity index (χ1n) is 15.4. The van der Waals surface area contributed by atoms with Crippen molar-refractivity contribution < 1.29 is 4.74 Å². The third-order valence-corrected chi connectivity index (χ3v) is 19.4. The minimum absolute atomic E-state index is 0.0407. The van der Waals surface area contributed by atoms with Crippen molar-refractivity contribution in [1.29, 1.82) is 0 Å². The molecule has 0 N–H and O–H groups in total. The molecule has 0 aliphatic carbocycles. The average Bonchev–Trinajstić information content (AvgIpc) is 3.54. The van der Waals surface area contributed by atoms with Crippen molar-refractivity contribution in [1.82, 2.24) is 9.88 Å². The van der Waals surface area contributed by atoms with Gasteiger partial charge in [-0.1, -0.05) is 0 Å². The van der Waals surface area contributed by atoms with Crippen LogP contribution in [0.4, 0.5) is 5.69 Å². The summed E-state index contributed by atoms with van der Waals surface area (Å²) in [5, 5.41) is 0. The molecular formula is C39H32BGeN3O. The molecule has 0 unspecified atom stereocenters. The number of hydrogen-bond donors (Lipinski definition) is 0. The molecule has 0 amide bonds. The second-order valence-corrected chi connectivity index (χ2v) is 19.6. The molecule has 45 heavy (non-hydrogen) atoms. The molecule has 0 bridgehead atoms. The van der Waals surface area contributed by atoms with Crippen LogP contribution in [0.15, 0.2) is 164 Å². The van der Waals surface area contributed by atoms with E-state index in [4.69, 9.17) is 4.74 Å². The number of aromatic nitrogens is 1. The summed E-state index contributed by atoms with van der Waals surface area (Å²) < 4.78 is 12.2. The van der Waals surface area contributed by atoms with Gasteiger partial charge in [0.05, 0.1) is 0 Å². The maximum absolute atomic E-state index is 6.40. The minimum atomic E-state index is -3.48. The van der Waals surface area contributed by atoms with Crippen LogP contribution in [0.3, 0.4) is 0 Å². The molecule has 6 heteroatoms. The van der Waals surface area contributed by atoms with Gasteiger partial charge in [-0.15, -0.1) is 0 Å². The van der Waals surface area contributed by atoms with Crippen molar-refractivity contribution in [2.45, 2.75) is 0 Å². The van der Waals surface area contributed by atoms with Crippen LogP contribution < -0.4 is 43.6 Å². The van der Waals surface area contributed by atoms with Gasteiger partial charge in [0, 0.05) is 0 Å². The van der Waals surface area contributed by atoms with Crippen LogP contribution in [0.25, 0.3) is 0 Å². The molecule has 0 saturated carbocycles. The molecule has 4 nitrogen and oxygen atoms in total. The SMILES string of the molecule is CN1C=CN(c2cccc(B3c4cccc[c]4[Ge]([c]4ccccc4)([c]4ccccc4)[c]4ccc(Oc5ccccn5)cc43)c2)C1. The zero-order chi connectivity index (χ0) is 30.2. The summed E-state index contributed by atoms with van der Waals surface area (Å²) in [7, 11) is 2.11. The average molecular weight is 642 g/mol. The number of rotatable bonds is 6. The number of benzene rings is 5. The quantitative estimate of drug-likeness (QED) is 0.261. The fraction of sp³-hybridized carbons (Fsp3) is 0.0513. The molecule has 0 spiro atoms. The third kappa shape index (κ3) is 4.75. The van der Waals surface area contributed by atoms with Crippen LogP contribution in [0.5, 0.6) is 11.6 Å². The summed E-state index contributed by atoms with van der Waals surface area (Å²) in [6, 6.07) is 53.3. The van der Waals surface area contributed by atoms with Gasteiger partial charge in [-0.2, -0.15) is 0 Å². The Morgan fingerprint density at radius 2 is 1.36 bits per heavy atom. The first kappa shape index (κ1) is 27.5. The third-order valence-electron chi connectivity index (χ3n) is 9.10. The van der Waals surface area contributed by atoms with Gasteiger partial charge in [-0.25, -0.2) is 0 Å². The fourth-order valence-electron chi connectivity index (χ4n) is 7.22. The van der Waals surface area contributed by atoms with Crippen LogP contribution in [-0.2, 0) is 0 Å². The monoisotopic (exact) mass is 643 g/mol. The molecule has 5 aromatic carbocycles. The standard InChI is InChI=1S/C39H32BGeN3O/c1-43-25-26-44(29-43)33-18-12-13-30(27-33)40-35-19-8-9-20-37(35)41(31-14-4-2-5-15-31,32-16-6-3-7-17-32)38-23-22-34(28-36(38)40)45-39-21-10-11-24-42-39/h2-28H,29H2,1H3. The van der Waals surface area contributed by atoms with Gasteiger partial charge in [0.2, 0.25) is 0 Å². The van der Waals surface area contributed by atoms with E-state index in [1.54, 1.807) is 6.20 Å².